The van der Waals surface area contributed by atoms with Crippen molar-refractivity contribution in [2.75, 3.05) is 17.5 Å². The summed E-state index contributed by atoms with van der Waals surface area (Å²) in [6, 6.07) is 28.4. The number of nitro benzene ring substituents is 1. The Bertz CT molecular complexity index is 1730. The van der Waals surface area contributed by atoms with Gasteiger partial charge in [-0.1, -0.05) is 54.6 Å². The van der Waals surface area contributed by atoms with Gasteiger partial charge in [0.2, 0.25) is 0 Å². The van der Waals surface area contributed by atoms with Crippen LogP contribution in [0.2, 0.25) is 0 Å². The standard InChI is InChI=1S/C31H29N5O7S/c1-23(25-9-4-2-5-10-25)33-31(38)22-43-28-17-15-24(16-18-28)20-32-34-30(37)21-35(26-11-8-12-27(19-26)36(39)40)44(41,42)29-13-6-3-7-14-29/h2-20,23H,21-22H2,1H3,(H,33,38)(H,34,37)/b32-20-/t23-/m1/s1. The zero-order valence-corrected chi connectivity index (χ0v) is 24.4. The number of amides is 2. The Kier molecular flexibility index (Phi) is 10.4. The van der Waals surface area contributed by atoms with Crippen LogP contribution in [-0.2, 0) is 19.6 Å². The number of nitrogens with one attached hydrogen (secondary N) is 2. The second kappa shape index (κ2) is 14.6. The molecule has 12 nitrogen and oxygen atoms in total. The van der Waals surface area contributed by atoms with Gasteiger partial charge in [0.25, 0.3) is 27.5 Å². The number of nitro groups is 1. The number of nitrogens with zero attached hydrogens (tertiary/aromatic N) is 3. The Hall–Kier alpha value is -5.56. The Labute approximate surface area is 254 Å². The average Bonchev–Trinajstić information content (AvgIpc) is 3.04. The van der Waals surface area contributed by atoms with E-state index in [0.717, 1.165) is 15.9 Å². The maximum Gasteiger partial charge on any atom is 0.271 e. The van der Waals surface area contributed by atoms with E-state index in [9.17, 15) is 28.1 Å². The number of hydrazone groups is 1. The first kappa shape index (κ1) is 31.4. The van der Waals surface area contributed by atoms with Crippen molar-refractivity contribution in [1.29, 1.82) is 0 Å². The van der Waals surface area contributed by atoms with Crippen molar-refractivity contribution in [3.05, 3.63) is 130 Å². The molecule has 0 saturated heterocycles. The summed E-state index contributed by atoms with van der Waals surface area (Å²) in [7, 11) is -4.25. The predicted molar refractivity (Wildman–Crippen MR) is 165 cm³/mol. The van der Waals surface area contributed by atoms with E-state index in [-0.39, 0.29) is 34.8 Å². The lowest BCUT2D eigenvalue weighted by atomic mass is 10.1. The molecule has 4 aromatic rings. The van der Waals surface area contributed by atoms with E-state index >= 15 is 0 Å². The molecule has 0 spiro atoms. The van der Waals surface area contributed by atoms with Crippen LogP contribution in [0.5, 0.6) is 5.75 Å². The molecule has 4 aromatic carbocycles. The summed E-state index contributed by atoms with van der Waals surface area (Å²) in [5, 5.41) is 18.0. The van der Waals surface area contributed by atoms with Crippen molar-refractivity contribution < 1.29 is 27.7 Å². The van der Waals surface area contributed by atoms with Crippen LogP contribution >= 0.6 is 0 Å². The lowest BCUT2D eigenvalue weighted by Crippen LogP contribution is -2.39. The van der Waals surface area contributed by atoms with Crippen LogP contribution < -0.4 is 19.8 Å². The smallest absolute Gasteiger partial charge is 0.271 e. The summed E-state index contributed by atoms with van der Waals surface area (Å²) in [5.74, 6) is -0.599. The molecule has 2 amide bonds. The molecule has 2 N–H and O–H groups in total. The van der Waals surface area contributed by atoms with Crippen LogP contribution in [-0.4, -0.2) is 44.5 Å². The van der Waals surface area contributed by atoms with Crippen molar-refractivity contribution >= 4 is 39.4 Å². The van der Waals surface area contributed by atoms with Crippen LogP contribution in [0, 0.1) is 10.1 Å². The number of hydrogen-bond donors (Lipinski definition) is 2. The number of anilines is 1. The number of carbonyl (C=O) groups is 2. The van der Waals surface area contributed by atoms with Gasteiger partial charge in [0.05, 0.1) is 27.8 Å². The van der Waals surface area contributed by atoms with Gasteiger partial charge in [-0.05, 0) is 60.5 Å². The van der Waals surface area contributed by atoms with E-state index in [1.54, 1.807) is 30.3 Å². The monoisotopic (exact) mass is 615 g/mol. The Balaban J connectivity index is 1.35. The fourth-order valence-corrected chi connectivity index (χ4v) is 5.48. The summed E-state index contributed by atoms with van der Waals surface area (Å²) in [5.41, 5.74) is 3.47. The lowest BCUT2D eigenvalue weighted by molar-refractivity contribution is -0.384. The molecular weight excluding hydrogens is 586 g/mol. The van der Waals surface area contributed by atoms with E-state index in [4.69, 9.17) is 4.74 Å². The van der Waals surface area contributed by atoms with E-state index in [0.29, 0.717) is 11.3 Å². The van der Waals surface area contributed by atoms with Gasteiger partial charge in [0.1, 0.15) is 12.3 Å². The van der Waals surface area contributed by atoms with Crippen molar-refractivity contribution in [2.45, 2.75) is 17.9 Å². The van der Waals surface area contributed by atoms with Crippen LogP contribution in [0.15, 0.2) is 119 Å². The fraction of sp³-hybridized carbons (Fsp3) is 0.129. The summed E-state index contributed by atoms with van der Waals surface area (Å²) in [6.07, 6.45) is 1.35. The summed E-state index contributed by atoms with van der Waals surface area (Å²) < 4.78 is 33.1. The van der Waals surface area contributed by atoms with Gasteiger partial charge >= 0.3 is 0 Å². The van der Waals surface area contributed by atoms with E-state index < -0.39 is 27.4 Å². The summed E-state index contributed by atoms with van der Waals surface area (Å²) in [6.45, 7) is 1.02. The van der Waals surface area contributed by atoms with E-state index in [1.807, 2.05) is 37.3 Å². The minimum Gasteiger partial charge on any atom is -0.484 e. The molecule has 0 saturated carbocycles. The van der Waals surface area contributed by atoms with Crippen molar-refractivity contribution in [3.8, 4) is 5.75 Å². The normalized spacial score (nSPS) is 11.8. The number of ether oxygens (including phenoxy) is 1. The Morgan fingerprint density at radius 3 is 2.25 bits per heavy atom. The third-order valence-corrected chi connectivity index (χ3v) is 8.07. The van der Waals surface area contributed by atoms with Gasteiger partial charge in [-0.3, -0.25) is 24.0 Å². The maximum absolute atomic E-state index is 13.4. The first-order chi connectivity index (χ1) is 21.1. The van der Waals surface area contributed by atoms with Crippen molar-refractivity contribution in [3.63, 3.8) is 0 Å². The summed E-state index contributed by atoms with van der Waals surface area (Å²) >= 11 is 0. The topological polar surface area (TPSA) is 160 Å². The van der Waals surface area contributed by atoms with Crippen molar-refractivity contribution in [1.82, 2.24) is 10.7 Å². The van der Waals surface area contributed by atoms with Gasteiger partial charge in [-0.2, -0.15) is 5.10 Å². The van der Waals surface area contributed by atoms with Gasteiger partial charge in [0, 0.05) is 12.1 Å². The Morgan fingerprint density at radius 2 is 1.59 bits per heavy atom. The van der Waals surface area contributed by atoms with Crippen LogP contribution in [0.25, 0.3) is 0 Å². The number of hydrogen-bond acceptors (Lipinski definition) is 8. The largest absolute Gasteiger partial charge is 0.484 e. The average molecular weight is 616 g/mol. The molecule has 0 unspecified atom stereocenters. The second-order valence-corrected chi connectivity index (χ2v) is 11.3. The summed E-state index contributed by atoms with van der Waals surface area (Å²) in [4.78, 5) is 35.6. The number of benzene rings is 4. The zero-order chi connectivity index (χ0) is 31.5. The molecule has 0 fully saturated rings. The molecule has 4 rings (SSSR count). The molecule has 0 aliphatic rings. The SMILES string of the molecule is C[C@@H](NC(=O)COc1ccc(/C=N\NC(=O)CN(c2cccc([N+](=O)[O-])c2)S(=O)(=O)c2ccccc2)cc1)c1ccccc1. The molecule has 44 heavy (non-hydrogen) atoms. The molecule has 0 aromatic heterocycles. The minimum atomic E-state index is -4.25. The lowest BCUT2D eigenvalue weighted by Gasteiger charge is -2.23. The number of carbonyl (C=O) groups excluding carboxylic acids is 2. The molecule has 0 aliphatic heterocycles. The highest BCUT2D eigenvalue weighted by Gasteiger charge is 2.28. The molecule has 1 atom stereocenters. The van der Waals surface area contributed by atoms with Gasteiger partial charge in [-0.25, -0.2) is 13.8 Å². The highest BCUT2D eigenvalue weighted by Crippen LogP contribution is 2.27. The predicted octanol–water partition coefficient (Wildman–Crippen LogP) is 4.20. The van der Waals surface area contributed by atoms with Gasteiger partial charge in [-0.15, -0.1) is 0 Å². The second-order valence-electron chi connectivity index (χ2n) is 9.45. The third kappa shape index (κ3) is 8.49. The first-order valence-electron chi connectivity index (χ1n) is 13.3. The van der Waals surface area contributed by atoms with Crippen LogP contribution in [0.3, 0.4) is 0 Å². The molecule has 13 heteroatoms. The number of sulfonamides is 1. The van der Waals surface area contributed by atoms with E-state index in [1.165, 1.54) is 48.7 Å². The fourth-order valence-electron chi connectivity index (χ4n) is 4.05. The van der Waals surface area contributed by atoms with Gasteiger partial charge < -0.3 is 10.1 Å². The zero-order valence-electron chi connectivity index (χ0n) is 23.6. The molecule has 0 heterocycles. The first-order valence-corrected chi connectivity index (χ1v) is 14.8. The molecule has 226 valence electrons. The van der Waals surface area contributed by atoms with Crippen LogP contribution in [0.1, 0.15) is 24.1 Å². The van der Waals surface area contributed by atoms with Crippen LogP contribution in [0.4, 0.5) is 11.4 Å². The third-order valence-electron chi connectivity index (χ3n) is 6.28. The molecule has 0 bridgehead atoms. The molecule has 0 aliphatic carbocycles. The minimum absolute atomic E-state index is 0.0547. The quantitative estimate of drug-likeness (QED) is 0.130. The maximum atomic E-state index is 13.4. The number of non-ortho nitro benzene ring substituents is 1. The van der Waals surface area contributed by atoms with Gasteiger partial charge in [0.15, 0.2) is 6.61 Å². The van der Waals surface area contributed by atoms with Crippen molar-refractivity contribution in [2.24, 2.45) is 5.10 Å². The molecule has 0 radical (unpaired) electrons. The molecular formula is C31H29N5O7S. The van der Waals surface area contributed by atoms with E-state index in [2.05, 4.69) is 15.8 Å². The highest BCUT2D eigenvalue weighted by molar-refractivity contribution is 7.92. The highest BCUT2D eigenvalue weighted by atomic mass is 32.2. The Morgan fingerprint density at radius 1 is 0.932 bits per heavy atom. The number of rotatable bonds is 13.